The summed E-state index contributed by atoms with van der Waals surface area (Å²) in [4.78, 5) is 14.0. The van der Waals surface area contributed by atoms with Crippen LogP contribution in [0.1, 0.15) is 0 Å². The van der Waals surface area contributed by atoms with Gasteiger partial charge < -0.3 is 14.8 Å². The van der Waals surface area contributed by atoms with Gasteiger partial charge in [-0.25, -0.2) is 0 Å². The first kappa shape index (κ1) is 19.4. The lowest BCUT2D eigenvalue weighted by Crippen LogP contribution is -2.33. The van der Waals surface area contributed by atoms with Gasteiger partial charge in [-0.2, -0.15) is 0 Å². The monoisotopic (exact) mass is 382 g/mol. The number of hydrogen-bond donors (Lipinski definition) is 1. The third kappa shape index (κ3) is 6.46. The van der Waals surface area contributed by atoms with Crippen LogP contribution < -0.4 is 14.8 Å². The largest absolute Gasteiger partial charge is 0.495 e. The van der Waals surface area contributed by atoms with E-state index in [0.29, 0.717) is 34.6 Å². The van der Waals surface area contributed by atoms with Crippen LogP contribution in [-0.2, 0) is 4.79 Å². The van der Waals surface area contributed by atoms with Crippen molar-refractivity contribution >= 4 is 34.8 Å². The highest BCUT2D eigenvalue weighted by Gasteiger charge is 2.11. The Morgan fingerprint density at radius 1 is 1.12 bits per heavy atom. The Morgan fingerprint density at radius 2 is 1.80 bits per heavy atom. The Morgan fingerprint density at radius 3 is 2.48 bits per heavy atom. The first-order valence-electron chi connectivity index (χ1n) is 7.68. The van der Waals surface area contributed by atoms with E-state index in [2.05, 4.69) is 5.32 Å². The summed E-state index contributed by atoms with van der Waals surface area (Å²) in [7, 11) is 3.39. The summed E-state index contributed by atoms with van der Waals surface area (Å²) in [5.41, 5.74) is 0.547. The minimum atomic E-state index is -0.158. The van der Waals surface area contributed by atoms with Crippen LogP contribution >= 0.6 is 23.2 Å². The SMILES string of the molecule is COc1ccc(Cl)cc1NC(=O)CN(C)CCOc1ccc(Cl)cc1. The number of carbonyl (C=O) groups excluding carboxylic acids is 1. The van der Waals surface area contributed by atoms with Crippen LogP contribution in [0.3, 0.4) is 0 Å². The zero-order chi connectivity index (χ0) is 18.2. The van der Waals surface area contributed by atoms with E-state index in [4.69, 9.17) is 32.7 Å². The molecule has 0 aliphatic heterocycles. The lowest BCUT2D eigenvalue weighted by molar-refractivity contribution is -0.117. The number of nitrogens with zero attached hydrogens (tertiary/aromatic N) is 1. The number of rotatable bonds is 8. The Labute approximate surface area is 157 Å². The van der Waals surface area contributed by atoms with Crippen LogP contribution in [0.15, 0.2) is 42.5 Å². The molecule has 1 N–H and O–H groups in total. The lowest BCUT2D eigenvalue weighted by atomic mass is 10.3. The van der Waals surface area contributed by atoms with Crippen LogP contribution in [-0.4, -0.2) is 44.7 Å². The van der Waals surface area contributed by atoms with Crippen molar-refractivity contribution in [2.45, 2.75) is 0 Å². The second kappa shape index (κ2) is 9.51. The third-order valence-corrected chi connectivity index (χ3v) is 3.89. The van der Waals surface area contributed by atoms with Gasteiger partial charge in [-0.15, -0.1) is 0 Å². The molecule has 7 heteroatoms. The van der Waals surface area contributed by atoms with Crippen molar-refractivity contribution in [2.24, 2.45) is 0 Å². The maximum atomic E-state index is 12.2. The molecule has 2 aromatic carbocycles. The molecule has 0 spiro atoms. The molecule has 134 valence electrons. The average molecular weight is 383 g/mol. The van der Waals surface area contributed by atoms with Gasteiger partial charge in [0.15, 0.2) is 0 Å². The van der Waals surface area contributed by atoms with E-state index >= 15 is 0 Å². The van der Waals surface area contributed by atoms with E-state index in [0.717, 1.165) is 5.75 Å². The first-order chi connectivity index (χ1) is 12.0. The Hall–Kier alpha value is -1.95. The second-order valence-corrected chi connectivity index (χ2v) is 6.31. The number of methoxy groups -OCH3 is 1. The molecule has 0 radical (unpaired) electrons. The molecule has 0 aliphatic carbocycles. The molecule has 0 aliphatic rings. The molecule has 25 heavy (non-hydrogen) atoms. The van der Waals surface area contributed by atoms with Gasteiger partial charge in [0.2, 0.25) is 5.91 Å². The molecular formula is C18H20Cl2N2O3. The number of halogens is 2. The van der Waals surface area contributed by atoms with Crippen molar-refractivity contribution in [1.82, 2.24) is 4.90 Å². The highest BCUT2D eigenvalue weighted by atomic mass is 35.5. The van der Waals surface area contributed by atoms with E-state index < -0.39 is 0 Å². The number of nitrogens with one attached hydrogen (secondary N) is 1. The van der Waals surface area contributed by atoms with Crippen molar-refractivity contribution in [2.75, 3.05) is 39.2 Å². The van der Waals surface area contributed by atoms with Gasteiger partial charge in [0.25, 0.3) is 0 Å². The van der Waals surface area contributed by atoms with Crippen LogP contribution in [0.25, 0.3) is 0 Å². The van der Waals surface area contributed by atoms with Crippen molar-refractivity contribution in [3.05, 3.63) is 52.5 Å². The predicted octanol–water partition coefficient (Wildman–Crippen LogP) is 3.95. The molecule has 0 unspecified atom stereocenters. The quantitative estimate of drug-likeness (QED) is 0.750. The highest BCUT2D eigenvalue weighted by Crippen LogP contribution is 2.27. The van der Waals surface area contributed by atoms with Crippen molar-refractivity contribution in [3.8, 4) is 11.5 Å². The van der Waals surface area contributed by atoms with Crippen molar-refractivity contribution in [3.63, 3.8) is 0 Å². The van der Waals surface area contributed by atoms with Gasteiger partial charge in [0.05, 0.1) is 19.3 Å². The summed E-state index contributed by atoms with van der Waals surface area (Å²) < 4.78 is 10.8. The second-order valence-electron chi connectivity index (χ2n) is 5.43. The summed E-state index contributed by atoms with van der Waals surface area (Å²) in [6.07, 6.45) is 0. The van der Waals surface area contributed by atoms with Gasteiger partial charge in [-0.05, 0) is 49.5 Å². The first-order valence-corrected chi connectivity index (χ1v) is 8.44. The number of benzene rings is 2. The Kier molecular flexibility index (Phi) is 7.37. The molecule has 0 heterocycles. The minimum Gasteiger partial charge on any atom is -0.495 e. The lowest BCUT2D eigenvalue weighted by Gasteiger charge is -2.17. The van der Waals surface area contributed by atoms with Gasteiger partial charge in [0.1, 0.15) is 18.1 Å². The molecule has 2 rings (SSSR count). The van der Waals surface area contributed by atoms with E-state index in [9.17, 15) is 4.79 Å². The molecule has 0 saturated heterocycles. The summed E-state index contributed by atoms with van der Waals surface area (Å²) in [5.74, 6) is 1.15. The zero-order valence-electron chi connectivity index (χ0n) is 14.1. The molecule has 2 aromatic rings. The Bertz CT molecular complexity index is 708. The number of hydrogen-bond acceptors (Lipinski definition) is 4. The normalized spacial score (nSPS) is 10.6. The van der Waals surface area contributed by atoms with Gasteiger partial charge >= 0.3 is 0 Å². The van der Waals surface area contributed by atoms with Gasteiger partial charge in [-0.3, -0.25) is 9.69 Å². The standard InChI is InChI=1S/C18H20Cl2N2O3/c1-22(9-10-25-15-6-3-13(19)4-7-15)12-18(23)21-16-11-14(20)5-8-17(16)24-2/h3-8,11H,9-10,12H2,1-2H3,(H,21,23). The fraction of sp³-hybridized carbons (Fsp3) is 0.278. The van der Waals surface area contributed by atoms with Gasteiger partial charge in [0, 0.05) is 16.6 Å². The van der Waals surface area contributed by atoms with Crippen molar-refractivity contribution < 1.29 is 14.3 Å². The number of likely N-dealkylation sites (N-methyl/N-ethyl adjacent to an activating group) is 1. The summed E-state index contributed by atoms with van der Waals surface area (Å²) in [6, 6.07) is 12.2. The maximum absolute atomic E-state index is 12.2. The summed E-state index contributed by atoms with van der Waals surface area (Å²) in [6.45, 7) is 1.29. The molecule has 0 bridgehead atoms. The topological polar surface area (TPSA) is 50.8 Å². The van der Waals surface area contributed by atoms with Crippen LogP contribution in [0.4, 0.5) is 5.69 Å². The average Bonchev–Trinajstić information content (AvgIpc) is 2.57. The van der Waals surface area contributed by atoms with E-state index in [1.54, 1.807) is 49.6 Å². The molecule has 5 nitrogen and oxygen atoms in total. The molecule has 0 saturated carbocycles. The fourth-order valence-corrected chi connectivity index (χ4v) is 2.44. The maximum Gasteiger partial charge on any atom is 0.238 e. The van der Waals surface area contributed by atoms with E-state index in [-0.39, 0.29) is 12.5 Å². The summed E-state index contributed by atoms with van der Waals surface area (Å²) in [5, 5.41) is 3.99. The minimum absolute atomic E-state index is 0.158. The van der Waals surface area contributed by atoms with E-state index in [1.807, 2.05) is 11.9 Å². The molecule has 1 amide bonds. The number of amides is 1. The smallest absolute Gasteiger partial charge is 0.238 e. The predicted molar refractivity (Wildman–Crippen MR) is 101 cm³/mol. The number of anilines is 1. The third-order valence-electron chi connectivity index (χ3n) is 3.40. The van der Waals surface area contributed by atoms with Crippen LogP contribution in [0.5, 0.6) is 11.5 Å². The van der Waals surface area contributed by atoms with Crippen molar-refractivity contribution in [1.29, 1.82) is 0 Å². The van der Waals surface area contributed by atoms with Crippen LogP contribution in [0, 0.1) is 0 Å². The molecule has 0 aromatic heterocycles. The number of carbonyl (C=O) groups is 1. The zero-order valence-corrected chi connectivity index (χ0v) is 15.6. The van der Waals surface area contributed by atoms with Gasteiger partial charge in [-0.1, -0.05) is 23.2 Å². The fourth-order valence-electron chi connectivity index (χ4n) is 2.14. The highest BCUT2D eigenvalue weighted by molar-refractivity contribution is 6.31. The molecule has 0 fully saturated rings. The number of ether oxygens (including phenoxy) is 2. The van der Waals surface area contributed by atoms with Crippen LogP contribution in [0.2, 0.25) is 10.0 Å². The summed E-state index contributed by atoms with van der Waals surface area (Å²) >= 11 is 11.8. The van der Waals surface area contributed by atoms with E-state index in [1.165, 1.54) is 0 Å². The molecule has 0 atom stereocenters. The Balaban J connectivity index is 1.78. The molecular weight excluding hydrogens is 363 g/mol.